The van der Waals surface area contributed by atoms with Crippen molar-refractivity contribution in [2.24, 2.45) is 0 Å². The molecule has 2 aliphatic heterocycles. The topological polar surface area (TPSA) is 0 Å². The van der Waals surface area contributed by atoms with Gasteiger partial charge in [-0.3, -0.25) is 0 Å². The minimum Gasteiger partial charge on any atom is -0.0743 e. The van der Waals surface area contributed by atoms with E-state index in [2.05, 4.69) is 45.1 Å². The van der Waals surface area contributed by atoms with Gasteiger partial charge in [-0.1, -0.05) is 51.4 Å². The monoisotopic (exact) mass is 226 g/mol. The Hall–Kier alpha value is -1.08. The van der Waals surface area contributed by atoms with Gasteiger partial charge in [0.05, 0.1) is 0 Å². The first kappa shape index (κ1) is 10.1. The summed E-state index contributed by atoms with van der Waals surface area (Å²) >= 11 is 0. The van der Waals surface area contributed by atoms with Crippen molar-refractivity contribution in [1.29, 1.82) is 0 Å². The highest BCUT2D eigenvalue weighted by Gasteiger charge is 2.33. The van der Waals surface area contributed by atoms with E-state index in [-0.39, 0.29) is 0 Å². The Kier molecular flexibility index (Phi) is 2.18. The third-order valence-electron chi connectivity index (χ3n) is 3.98. The SMILES string of the molecule is Cc1cc(C)c([SiH]2C3=CC=C2CC3)c(C)c1. The molecule has 3 rings (SSSR count). The van der Waals surface area contributed by atoms with Gasteiger partial charge in [0.15, 0.2) is 0 Å². The number of rotatable bonds is 1. The van der Waals surface area contributed by atoms with Crippen molar-refractivity contribution < 1.29 is 0 Å². The zero-order valence-electron chi connectivity index (χ0n) is 10.3. The molecule has 1 aromatic rings. The molecule has 1 fully saturated rings. The lowest BCUT2D eigenvalue weighted by Gasteiger charge is -2.17. The van der Waals surface area contributed by atoms with E-state index in [4.69, 9.17) is 0 Å². The molecule has 0 aromatic heterocycles. The van der Waals surface area contributed by atoms with Crippen LogP contribution in [0, 0.1) is 20.8 Å². The van der Waals surface area contributed by atoms with Crippen LogP contribution < -0.4 is 5.19 Å². The molecular weight excluding hydrogens is 208 g/mol. The number of hydrogen-bond acceptors (Lipinski definition) is 0. The van der Waals surface area contributed by atoms with Crippen LogP contribution in [-0.4, -0.2) is 8.80 Å². The van der Waals surface area contributed by atoms with Gasteiger partial charge in [-0.25, -0.2) is 0 Å². The molecular formula is C15H18Si. The number of benzene rings is 1. The Balaban J connectivity index is 2.15. The van der Waals surface area contributed by atoms with Gasteiger partial charge in [0.25, 0.3) is 0 Å². The number of aryl methyl sites for hydroxylation is 3. The third-order valence-corrected chi connectivity index (χ3v) is 7.92. The average Bonchev–Trinajstić information content (AvgIpc) is 2.77. The summed E-state index contributed by atoms with van der Waals surface area (Å²) in [5, 5.41) is 5.24. The van der Waals surface area contributed by atoms with Gasteiger partial charge >= 0.3 is 0 Å². The smallest absolute Gasteiger partial charge is 0.0743 e. The maximum atomic E-state index is 2.40. The Morgan fingerprint density at radius 2 is 1.38 bits per heavy atom. The van der Waals surface area contributed by atoms with Gasteiger partial charge in [-0.2, -0.15) is 0 Å². The lowest BCUT2D eigenvalue weighted by atomic mass is 10.1. The molecule has 0 nitrogen and oxygen atoms in total. The molecule has 82 valence electrons. The summed E-state index contributed by atoms with van der Waals surface area (Å²) in [4.78, 5) is 0. The summed E-state index contributed by atoms with van der Waals surface area (Å²) in [6.45, 7) is 6.79. The molecule has 0 unspecified atom stereocenters. The van der Waals surface area contributed by atoms with Gasteiger partial charge in [-0.05, 0) is 38.8 Å². The molecule has 2 aliphatic rings. The highest BCUT2D eigenvalue weighted by molar-refractivity contribution is 6.88. The molecule has 0 atom stereocenters. The second kappa shape index (κ2) is 3.46. The highest BCUT2D eigenvalue weighted by Crippen LogP contribution is 2.34. The summed E-state index contributed by atoms with van der Waals surface area (Å²) in [6, 6.07) is 4.71. The van der Waals surface area contributed by atoms with Gasteiger partial charge in [0.1, 0.15) is 8.80 Å². The molecule has 0 radical (unpaired) electrons. The third kappa shape index (κ3) is 1.35. The second-order valence-corrected chi connectivity index (χ2v) is 8.16. The standard InChI is InChI=1S/C15H18Si/c1-10-8-11(2)15(12(3)9-10)16-13-4-5-14(16)7-6-13/h4-5,8-9,16H,6-7H2,1-3H3. The molecule has 2 heterocycles. The van der Waals surface area contributed by atoms with Gasteiger partial charge < -0.3 is 0 Å². The summed E-state index contributed by atoms with van der Waals surface area (Å²) in [7, 11) is -0.894. The van der Waals surface area contributed by atoms with E-state index in [0.717, 1.165) is 0 Å². The molecule has 0 N–H and O–H groups in total. The molecule has 0 amide bonds. The van der Waals surface area contributed by atoms with Crippen LogP contribution in [0.5, 0.6) is 0 Å². The van der Waals surface area contributed by atoms with E-state index < -0.39 is 8.80 Å². The lowest BCUT2D eigenvalue weighted by molar-refractivity contribution is 1.04. The Bertz CT molecular complexity index is 477. The number of fused-ring (bicyclic) bond motifs is 2. The maximum absolute atomic E-state index is 2.40. The Morgan fingerprint density at radius 1 is 0.875 bits per heavy atom. The van der Waals surface area contributed by atoms with E-state index in [9.17, 15) is 0 Å². The minimum absolute atomic E-state index is 0.894. The van der Waals surface area contributed by atoms with Gasteiger partial charge in [0, 0.05) is 0 Å². The normalized spacial score (nSPS) is 18.9. The molecule has 0 saturated carbocycles. The van der Waals surface area contributed by atoms with E-state index in [1.165, 1.54) is 29.5 Å². The quantitative estimate of drug-likeness (QED) is 0.646. The largest absolute Gasteiger partial charge is 0.124 e. The molecule has 2 bridgehead atoms. The van der Waals surface area contributed by atoms with Crippen LogP contribution in [0.2, 0.25) is 0 Å². The summed E-state index contributed by atoms with van der Waals surface area (Å²) in [5.74, 6) is 0. The first-order chi connectivity index (χ1) is 7.66. The lowest BCUT2D eigenvalue weighted by Crippen LogP contribution is -2.34. The van der Waals surface area contributed by atoms with Crippen molar-refractivity contribution in [2.75, 3.05) is 0 Å². The molecule has 1 aromatic carbocycles. The fraction of sp³-hybridized carbons (Fsp3) is 0.333. The van der Waals surface area contributed by atoms with Crippen LogP contribution in [0.3, 0.4) is 0 Å². The molecule has 1 saturated heterocycles. The fourth-order valence-electron chi connectivity index (χ4n) is 3.41. The average molecular weight is 226 g/mol. The van der Waals surface area contributed by atoms with Crippen molar-refractivity contribution in [3.05, 3.63) is 51.4 Å². The highest BCUT2D eigenvalue weighted by atomic mass is 28.3. The second-order valence-electron chi connectivity index (χ2n) is 5.23. The van der Waals surface area contributed by atoms with E-state index in [0.29, 0.717) is 0 Å². The first-order valence-electron chi connectivity index (χ1n) is 6.14. The van der Waals surface area contributed by atoms with Crippen molar-refractivity contribution in [3.63, 3.8) is 0 Å². The van der Waals surface area contributed by atoms with E-state index in [1.54, 1.807) is 15.6 Å². The Morgan fingerprint density at radius 3 is 1.81 bits per heavy atom. The van der Waals surface area contributed by atoms with Crippen LogP contribution >= 0.6 is 0 Å². The summed E-state index contributed by atoms with van der Waals surface area (Å²) < 4.78 is 0. The van der Waals surface area contributed by atoms with Crippen LogP contribution in [0.4, 0.5) is 0 Å². The predicted octanol–water partition coefficient (Wildman–Crippen LogP) is 2.78. The zero-order valence-corrected chi connectivity index (χ0v) is 11.5. The maximum Gasteiger partial charge on any atom is 0.124 e. The Labute approximate surface area is 99.3 Å². The molecule has 0 spiro atoms. The van der Waals surface area contributed by atoms with Crippen molar-refractivity contribution in [2.45, 2.75) is 33.6 Å². The first-order valence-corrected chi connectivity index (χ1v) is 7.87. The van der Waals surface area contributed by atoms with Crippen LogP contribution in [0.25, 0.3) is 0 Å². The van der Waals surface area contributed by atoms with Crippen molar-refractivity contribution in [3.8, 4) is 0 Å². The fourth-order valence-corrected chi connectivity index (χ4v) is 7.14. The van der Waals surface area contributed by atoms with Gasteiger partial charge in [-0.15, -0.1) is 0 Å². The minimum atomic E-state index is -0.894. The molecule has 0 aliphatic carbocycles. The summed E-state index contributed by atoms with van der Waals surface area (Å²) in [6.07, 6.45) is 7.48. The number of allylic oxidation sites excluding steroid dienone is 4. The van der Waals surface area contributed by atoms with E-state index in [1.807, 2.05) is 0 Å². The number of hydrogen-bond donors (Lipinski definition) is 0. The van der Waals surface area contributed by atoms with Crippen LogP contribution in [0.1, 0.15) is 29.5 Å². The van der Waals surface area contributed by atoms with Crippen LogP contribution in [-0.2, 0) is 0 Å². The zero-order chi connectivity index (χ0) is 11.3. The predicted molar refractivity (Wildman–Crippen MR) is 72.8 cm³/mol. The summed E-state index contributed by atoms with van der Waals surface area (Å²) in [5.41, 5.74) is 4.45. The van der Waals surface area contributed by atoms with Crippen LogP contribution in [0.15, 0.2) is 34.7 Å². The van der Waals surface area contributed by atoms with Gasteiger partial charge in [0.2, 0.25) is 0 Å². The molecule has 16 heavy (non-hydrogen) atoms. The molecule has 1 heteroatoms. The van der Waals surface area contributed by atoms with Crippen molar-refractivity contribution >= 4 is 14.0 Å². The van der Waals surface area contributed by atoms with E-state index >= 15 is 0 Å². The van der Waals surface area contributed by atoms with Crippen molar-refractivity contribution in [1.82, 2.24) is 0 Å².